The first kappa shape index (κ1) is 12.5. The highest BCUT2D eigenvalue weighted by Gasteiger charge is 2.29. The first-order valence-electron chi connectivity index (χ1n) is 5.88. The van der Waals surface area contributed by atoms with Gasteiger partial charge < -0.3 is 10.6 Å². The van der Waals surface area contributed by atoms with Crippen LogP contribution in [0.25, 0.3) is 0 Å². The van der Waals surface area contributed by atoms with Crippen LogP contribution < -0.4 is 5.73 Å². The van der Waals surface area contributed by atoms with E-state index in [1.165, 1.54) is 6.42 Å². The Morgan fingerprint density at radius 3 is 2.53 bits per heavy atom. The number of nitrogens with two attached hydrogens (primary N) is 1. The zero-order valence-electron chi connectivity index (χ0n) is 10.4. The predicted molar refractivity (Wildman–Crippen MR) is 62.5 cm³/mol. The van der Waals surface area contributed by atoms with Gasteiger partial charge in [-0.05, 0) is 39.5 Å². The van der Waals surface area contributed by atoms with Gasteiger partial charge >= 0.3 is 0 Å². The van der Waals surface area contributed by atoms with E-state index in [1.54, 1.807) is 0 Å². The van der Waals surface area contributed by atoms with Gasteiger partial charge in [0, 0.05) is 24.5 Å². The van der Waals surface area contributed by atoms with Crippen molar-refractivity contribution in [2.24, 2.45) is 11.7 Å². The van der Waals surface area contributed by atoms with E-state index >= 15 is 0 Å². The molecule has 0 radical (unpaired) electrons. The van der Waals surface area contributed by atoms with E-state index in [9.17, 15) is 4.79 Å². The van der Waals surface area contributed by atoms with Gasteiger partial charge in [0.1, 0.15) is 0 Å². The molecular formula is C12H24N2O. The van der Waals surface area contributed by atoms with Gasteiger partial charge in [-0.1, -0.05) is 6.92 Å². The molecule has 1 rings (SSSR count). The Hall–Kier alpha value is -0.570. The van der Waals surface area contributed by atoms with E-state index in [-0.39, 0.29) is 5.91 Å². The summed E-state index contributed by atoms with van der Waals surface area (Å²) in [6.07, 6.45) is 2.80. The first-order valence-corrected chi connectivity index (χ1v) is 5.88. The molecule has 0 aromatic rings. The molecule has 1 saturated heterocycles. The van der Waals surface area contributed by atoms with Gasteiger partial charge in [0.2, 0.25) is 5.91 Å². The largest absolute Gasteiger partial charge is 0.340 e. The van der Waals surface area contributed by atoms with Gasteiger partial charge in [-0.2, -0.15) is 0 Å². The van der Waals surface area contributed by atoms with Crippen LogP contribution in [-0.4, -0.2) is 28.9 Å². The fraction of sp³-hybridized carbons (Fsp3) is 0.917. The second-order valence-corrected chi connectivity index (χ2v) is 5.74. The number of hydrogen-bond acceptors (Lipinski definition) is 2. The lowest BCUT2D eigenvalue weighted by molar-refractivity contribution is -0.136. The molecule has 1 aliphatic rings. The Bertz CT molecular complexity index is 232. The number of amides is 1. The van der Waals surface area contributed by atoms with Crippen LogP contribution in [0.1, 0.15) is 47.0 Å². The minimum Gasteiger partial charge on any atom is -0.340 e. The SMILES string of the molecule is CC1CCC(C)N(C(=O)CC(C)(C)N)C1. The summed E-state index contributed by atoms with van der Waals surface area (Å²) in [5.74, 6) is 0.840. The number of carbonyl (C=O) groups is 1. The summed E-state index contributed by atoms with van der Waals surface area (Å²) in [7, 11) is 0. The van der Waals surface area contributed by atoms with Crippen molar-refractivity contribution in [3.05, 3.63) is 0 Å². The molecule has 0 spiro atoms. The molecule has 3 nitrogen and oxygen atoms in total. The molecule has 1 heterocycles. The third kappa shape index (κ3) is 3.82. The van der Waals surface area contributed by atoms with Gasteiger partial charge in [-0.25, -0.2) is 0 Å². The van der Waals surface area contributed by atoms with Crippen LogP contribution in [0.15, 0.2) is 0 Å². The zero-order valence-corrected chi connectivity index (χ0v) is 10.4. The van der Waals surface area contributed by atoms with Crippen molar-refractivity contribution in [2.75, 3.05) is 6.54 Å². The monoisotopic (exact) mass is 212 g/mol. The second kappa shape index (κ2) is 4.52. The van der Waals surface area contributed by atoms with Crippen LogP contribution in [-0.2, 0) is 4.79 Å². The highest BCUT2D eigenvalue weighted by molar-refractivity contribution is 5.77. The summed E-state index contributed by atoms with van der Waals surface area (Å²) < 4.78 is 0. The van der Waals surface area contributed by atoms with Crippen molar-refractivity contribution in [1.29, 1.82) is 0 Å². The molecule has 0 bridgehead atoms. The van der Waals surface area contributed by atoms with Crippen molar-refractivity contribution in [2.45, 2.75) is 58.5 Å². The third-order valence-corrected chi connectivity index (χ3v) is 3.04. The molecular weight excluding hydrogens is 188 g/mol. The van der Waals surface area contributed by atoms with E-state index in [1.807, 2.05) is 18.7 Å². The van der Waals surface area contributed by atoms with Crippen molar-refractivity contribution < 1.29 is 4.79 Å². The Kier molecular flexibility index (Phi) is 3.77. The van der Waals surface area contributed by atoms with Crippen molar-refractivity contribution >= 4 is 5.91 Å². The fourth-order valence-corrected chi connectivity index (χ4v) is 2.13. The Balaban J connectivity index is 2.57. The van der Waals surface area contributed by atoms with Crippen molar-refractivity contribution in [3.8, 4) is 0 Å². The van der Waals surface area contributed by atoms with Crippen molar-refractivity contribution in [3.63, 3.8) is 0 Å². The average Bonchev–Trinajstić information content (AvgIpc) is 2.06. The van der Waals surface area contributed by atoms with E-state index in [4.69, 9.17) is 5.73 Å². The maximum atomic E-state index is 12.0. The summed E-state index contributed by atoms with van der Waals surface area (Å²) in [5, 5.41) is 0. The number of likely N-dealkylation sites (tertiary alicyclic amines) is 1. The summed E-state index contributed by atoms with van der Waals surface area (Å²) in [5.41, 5.74) is 5.48. The van der Waals surface area contributed by atoms with Gasteiger partial charge in [-0.15, -0.1) is 0 Å². The van der Waals surface area contributed by atoms with E-state index in [0.717, 1.165) is 13.0 Å². The number of rotatable bonds is 2. The normalized spacial score (nSPS) is 27.9. The molecule has 0 aliphatic carbocycles. The zero-order chi connectivity index (χ0) is 11.6. The topological polar surface area (TPSA) is 46.3 Å². The summed E-state index contributed by atoms with van der Waals surface area (Å²) in [6, 6.07) is 0.385. The maximum absolute atomic E-state index is 12.0. The van der Waals surface area contributed by atoms with E-state index < -0.39 is 5.54 Å². The van der Waals surface area contributed by atoms with Gasteiger partial charge in [0.25, 0.3) is 0 Å². The molecule has 2 unspecified atom stereocenters. The third-order valence-electron chi connectivity index (χ3n) is 3.04. The molecule has 0 aromatic carbocycles. The average molecular weight is 212 g/mol. The predicted octanol–water partition coefficient (Wildman–Crippen LogP) is 1.76. The summed E-state index contributed by atoms with van der Waals surface area (Å²) in [6.45, 7) is 9.05. The smallest absolute Gasteiger partial charge is 0.224 e. The van der Waals surface area contributed by atoms with Crippen LogP contribution in [0.4, 0.5) is 0 Å². The van der Waals surface area contributed by atoms with Crippen LogP contribution in [0.5, 0.6) is 0 Å². The molecule has 0 saturated carbocycles. The number of piperidine rings is 1. The molecule has 1 fully saturated rings. The molecule has 1 aliphatic heterocycles. The maximum Gasteiger partial charge on any atom is 0.224 e. The van der Waals surface area contributed by atoms with Gasteiger partial charge in [0.05, 0.1) is 0 Å². The lowest BCUT2D eigenvalue weighted by Crippen LogP contribution is -2.48. The molecule has 0 aromatic heterocycles. The quantitative estimate of drug-likeness (QED) is 0.758. The lowest BCUT2D eigenvalue weighted by Gasteiger charge is -2.38. The number of carbonyl (C=O) groups excluding carboxylic acids is 1. The second-order valence-electron chi connectivity index (χ2n) is 5.74. The standard InChI is InChI=1S/C12H24N2O/c1-9-5-6-10(2)14(8-9)11(15)7-12(3,4)13/h9-10H,5-8,13H2,1-4H3. The first-order chi connectivity index (χ1) is 6.79. The van der Waals surface area contributed by atoms with Crippen molar-refractivity contribution in [1.82, 2.24) is 4.90 Å². The lowest BCUT2D eigenvalue weighted by atomic mass is 9.93. The molecule has 2 N–H and O–H groups in total. The fourth-order valence-electron chi connectivity index (χ4n) is 2.13. The Labute approximate surface area is 93.0 Å². The van der Waals surface area contributed by atoms with Gasteiger partial charge in [0.15, 0.2) is 0 Å². The van der Waals surface area contributed by atoms with E-state index in [2.05, 4.69) is 13.8 Å². The molecule has 3 heteroatoms. The molecule has 2 atom stereocenters. The Morgan fingerprint density at radius 2 is 2.00 bits per heavy atom. The number of nitrogens with zero attached hydrogens (tertiary/aromatic N) is 1. The van der Waals surface area contributed by atoms with Crippen LogP contribution in [0.3, 0.4) is 0 Å². The van der Waals surface area contributed by atoms with Crippen LogP contribution >= 0.6 is 0 Å². The Morgan fingerprint density at radius 1 is 1.40 bits per heavy atom. The minimum absolute atomic E-state index is 0.210. The van der Waals surface area contributed by atoms with Crippen LogP contribution in [0.2, 0.25) is 0 Å². The van der Waals surface area contributed by atoms with Gasteiger partial charge in [-0.3, -0.25) is 4.79 Å². The molecule has 88 valence electrons. The van der Waals surface area contributed by atoms with Crippen LogP contribution in [0, 0.1) is 5.92 Å². The highest BCUT2D eigenvalue weighted by Crippen LogP contribution is 2.23. The number of hydrogen-bond donors (Lipinski definition) is 1. The summed E-state index contributed by atoms with van der Waals surface area (Å²) in [4.78, 5) is 14.0. The highest BCUT2D eigenvalue weighted by atomic mass is 16.2. The molecule has 15 heavy (non-hydrogen) atoms. The molecule has 1 amide bonds. The summed E-state index contributed by atoms with van der Waals surface area (Å²) >= 11 is 0. The minimum atomic E-state index is -0.391. The van der Waals surface area contributed by atoms with E-state index in [0.29, 0.717) is 18.4 Å².